The summed E-state index contributed by atoms with van der Waals surface area (Å²) in [5.74, 6) is 0.261. The summed E-state index contributed by atoms with van der Waals surface area (Å²) in [7, 11) is 2.16. The van der Waals surface area contributed by atoms with Crippen molar-refractivity contribution in [2.45, 2.75) is 76.7 Å². The van der Waals surface area contributed by atoms with Crippen molar-refractivity contribution in [3.63, 3.8) is 0 Å². The zero-order valence-electron chi connectivity index (χ0n) is 22.9. The molecule has 1 unspecified atom stereocenters. The van der Waals surface area contributed by atoms with Crippen molar-refractivity contribution in [3.8, 4) is 5.75 Å². The first-order valence-corrected chi connectivity index (χ1v) is 13.4. The number of hydrogen-bond donors (Lipinski definition) is 0. The van der Waals surface area contributed by atoms with Gasteiger partial charge < -0.3 is 9.47 Å². The Morgan fingerprint density at radius 1 is 0.895 bits per heavy atom. The molecule has 38 heavy (non-hydrogen) atoms. The number of piperidine rings is 1. The SMILES string of the molecule is CN1C(C)(C)CC(OC(=O)C(Cc2ccc(OCc3ccc(Cl)cc3)cc2)c2ccccc2)CC1(C)C.Cl. The molecule has 0 bridgehead atoms. The normalized spacial score (nSPS) is 17.7. The van der Waals surface area contributed by atoms with Crippen LogP contribution < -0.4 is 4.74 Å². The summed E-state index contributed by atoms with van der Waals surface area (Å²) in [6.45, 7) is 9.36. The van der Waals surface area contributed by atoms with Crippen LogP contribution in [0.1, 0.15) is 63.1 Å². The molecule has 3 aromatic rings. The fourth-order valence-electron chi connectivity index (χ4n) is 5.34. The van der Waals surface area contributed by atoms with Gasteiger partial charge in [-0.3, -0.25) is 9.69 Å². The summed E-state index contributed by atoms with van der Waals surface area (Å²) in [5.41, 5.74) is 3.00. The van der Waals surface area contributed by atoms with Crippen LogP contribution in [0.5, 0.6) is 5.75 Å². The summed E-state index contributed by atoms with van der Waals surface area (Å²) in [5, 5.41) is 0.711. The van der Waals surface area contributed by atoms with Gasteiger partial charge in [-0.05, 0) is 82.1 Å². The van der Waals surface area contributed by atoms with Crippen LogP contribution in [0, 0.1) is 0 Å². The second kappa shape index (κ2) is 12.5. The zero-order chi connectivity index (χ0) is 26.6. The summed E-state index contributed by atoms with van der Waals surface area (Å²) in [4.78, 5) is 16.0. The fourth-order valence-corrected chi connectivity index (χ4v) is 5.46. The molecule has 1 aliphatic heterocycles. The Morgan fingerprint density at radius 3 is 2.03 bits per heavy atom. The van der Waals surface area contributed by atoms with Gasteiger partial charge in [0.15, 0.2) is 0 Å². The number of likely N-dealkylation sites (tertiary alicyclic amines) is 1. The van der Waals surface area contributed by atoms with E-state index in [4.69, 9.17) is 21.1 Å². The lowest BCUT2D eigenvalue weighted by Crippen LogP contribution is -2.60. The molecule has 0 spiro atoms. The van der Waals surface area contributed by atoms with E-state index in [1.165, 1.54) is 0 Å². The molecule has 0 aromatic heterocycles. The summed E-state index contributed by atoms with van der Waals surface area (Å²) in [6.07, 6.45) is 2.10. The summed E-state index contributed by atoms with van der Waals surface area (Å²) >= 11 is 5.96. The molecule has 1 heterocycles. The Bertz CT molecular complexity index is 1160. The van der Waals surface area contributed by atoms with E-state index >= 15 is 0 Å². The Balaban J connectivity index is 0.00000400. The first-order chi connectivity index (χ1) is 17.5. The molecule has 0 amide bonds. The number of benzene rings is 3. The predicted octanol–water partition coefficient (Wildman–Crippen LogP) is 7.86. The monoisotopic (exact) mass is 555 g/mol. The molecule has 0 saturated carbocycles. The quantitative estimate of drug-likeness (QED) is 0.265. The fraction of sp³-hybridized carbons (Fsp3) is 0.406. The second-order valence-electron chi connectivity index (χ2n) is 11.4. The number of ether oxygens (including phenoxy) is 2. The lowest BCUT2D eigenvalue weighted by atomic mass is 9.78. The molecule has 0 radical (unpaired) electrons. The summed E-state index contributed by atoms with van der Waals surface area (Å²) in [6, 6.07) is 25.6. The molecule has 0 N–H and O–H groups in total. The smallest absolute Gasteiger partial charge is 0.314 e. The molecule has 1 atom stereocenters. The van der Waals surface area contributed by atoms with Gasteiger partial charge in [0.1, 0.15) is 18.5 Å². The van der Waals surface area contributed by atoms with E-state index in [9.17, 15) is 4.79 Å². The number of esters is 1. The Morgan fingerprint density at radius 2 is 1.45 bits per heavy atom. The topological polar surface area (TPSA) is 38.8 Å². The molecule has 3 aromatic carbocycles. The standard InChI is InChI=1S/C32H38ClNO3.ClH/c1-31(2)20-28(21-32(3,4)34(31)5)37-30(35)29(25-9-7-6-8-10-25)19-23-13-17-27(18-14-23)36-22-24-11-15-26(33)16-12-24;/h6-18,28-29H,19-22H2,1-5H3;1H. The second-order valence-corrected chi connectivity index (χ2v) is 11.8. The van der Waals surface area contributed by atoms with Crippen molar-refractivity contribution in [2.75, 3.05) is 7.05 Å². The van der Waals surface area contributed by atoms with Crippen molar-refractivity contribution in [3.05, 3.63) is 101 Å². The first kappa shape index (κ1) is 30.0. The minimum absolute atomic E-state index is 0. The molecule has 4 nitrogen and oxygen atoms in total. The van der Waals surface area contributed by atoms with Crippen molar-refractivity contribution >= 4 is 30.0 Å². The highest BCUT2D eigenvalue weighted by Crippen LogP contribution is 2.39. The van der Waals surface area contributed by atoms with E-state index in [0.717, 1.165) is 35.3 Å². The minimum Gasteiger partial charge on any atom is -0.489 e. The van der Waals surface area contributed by atoms with Crippen molar-refractivity contribution in [2.24, 2.45) is 0 Å². The van der Waals surface area contributed by atoms with Crippen LogP contribution in [0.4, 0.5) is 0 Å². The molecule has 6 heteroatoms. The van der Waals surface area contributed by atoms with Gasteiger partial charge in [0.05, 0.1) is 5.92 Å². The van der Waals surface area contributed by atoms with Gasteiger partial charge in [-0.25, -0.2) is 0 Å². The molecule has 4 rings (SSSR count). The van der Waals surface area contributed by atoms with Crippen molar-refractivity contribution in [1.29, 1.82) is 0 Å². The van der Waals surface area contributed by atoms with Gasteiger partial charge in [0, 0.05) is 28.9 Å². The van der Waals surface area contributed by atoms with E-state index in [0.29, 0.717) is 18.1 Å². The minimum atomic E-state index is -0.368. The van der Waals surface area contributed by atoms with Crippen LogP contribution in [0.3, 0.4) is 0 Å². The van der Waals surface area contributed by atoms with Gasteiger partial charge in [-0.15, -0.1) is 12.4 Å². The van der Waals surface area contributed by atoms with E-state index < -0.39 is 0 Å². The van der Waals surface area contributed by atoms with Crippen LogP contribution in [0.15, 0.2) is 78.9 Å². The maximum absolute atomic E-state index is 13.6. The number of hydrogen-bond acceptors (Lipinski definition) is 4. The third kappa shape index (κ3) is 7.53. The zero-order valence-corrected chi connectivity index (χ0v) is 24.5. The molecule has 1 saturated heterocycles. The van der Waals surface area contributed by atoms with Crippen LogP contribution >= 0.6 is 24.0 Å². The van der Waals surface area contributed by atoms with E-state index in [-0.39, 0.29) is 41.5 Å². The predicted molar refractivity (Wildman–Crippen MR) is 157 cm³/mol. The third-order valence-electron chi connectivity index (χ3n) is 7.72. The van der Waals surface area contributed by atoms with E-state index in [1.54, 1.807) is 0 Å². The Kier molecular flexibility index (Phi) is 9.91. The van der Waals surface area contributed by atoms with Crippen LogP contribution in [-0.4, -0.2) is 35.1 Å². The van der Waals surface area contributed by atoms with Crippen molar-refractivity contribution < 1.29 is 14.3 Å². The lowest BCUT2D eigenvalue weighted by Gasteiger charge is -2.53. The highest BCUT2D eigenvalue weighted by Gasteiger charge is 2.44. The van der Waals surface area contributed by atoms with Gasteiger partial charge in [-0.1, -0.05) is 66.2 Å². The average Bonchev–Trinajstić information content (AvgIpc) is 2.86. The number of halogens is 2. The van der Waals surface area contributed by atoms with Gasteiger partial charge >= 0.3 is 5.97 Å². The lowest BCUT2D eigenvalue weighted by molar-refractivity contribution is -0.160. The molecule has 204 valence electrons. The van der Waals surface area contributed by atoms with Crippen molar-refractivity contribution in [1.82, 2.24) is 4.90 Å². The average molecular weight is 557 g/mol. The molecule has 1 fully saturated rings. The first-order valence-electron chi connectivity index (χ1n) is 13.0. The maximum Gasteiger partial charge on any atom is 0.314 e. The largest absolute Gasteiger partial charge is 0.489 e. The molecular weight excluding hydrogens is 517 g/mol. The van der Waals surface area contributed by atoms with Gasteiger partial charge in [0.2, 0.25) is 0 Å². The van der Waals surface area contributed by atoms with E-state index in [1.807, 2.05) is 78.9 Å². The van der Waals surface area contributed by atoms with Crippen LogP contribution in [-0.2, 0) is 22.6 Å². The number of carbonyl (C=O) groups is 1. The highest BCUT2D eigenvalue weighted by molar-refractivity contribution is 6.30. The number of rotatable bonds is 8. The molecule has 0 aliphatic carbocycles. The van der Waals surface area contributed by atoms with Crippen LogP contribution in [0.2, 0.25) is 5.02 Å². The molecule has 1 aliphatic rings. The summed E-state index contributed by atoms with van der Waals surface area (Å²) < 4.78 is 12.2. The Hall–Kier alpha value is -2.53. The Labute approximate surface area is 238 Å². The highest BCUT2D eigenvalue weighted by atomic mass is 35.5. The number of carbonyl (C=O) groups excluding carboxylic acids is 1. The maximum atomic E-state index is 13.6. The van der Waals surface area contributed by atoms with E-state index in [2.05, 4.69) is 39.6 Å². The van der Waals surface area contributed by atoms with Gasteiger partial charge in [0.25, 0.3) is 0 Å². The molecular formula is C32H39Cl2NO3. The number of nitrogens with zero attached hydrogens (tertiary/aromatic N) is 1. The van der Waals surface area contributed by atoms with Crippen LogP contribution in [0.25, 0.3) is 0 Å². The third-order valence-corrected chi connectivity index (χ3v) is 7.97. The van der Waals surface area contributed by atoms with Gasteiger partial charge in [-0.2, -0.15) is 0 Å².